The van der Waals surface area contributed by atoms with Gasteiger partial charge in [0.05, 0.1) is 0 Å². The van der Waals surface area contributed by atoms with Crippen LogP contribution in [0.25, 0.3) is 11.1 Å². The molecule has 0 fully saturated rings. The standard InChI is InChI=1S/C16H16FNO/c1-11(19)13-6-9-16(17)15(10-13)12-4-7-14(8-5-12)18(2)3/h4-10H,1-3H3. The number of hydrogen-bond donors (Lipinski definition) is 0. The highest BCUT2D eigenvalue weighted by Crippen LogP contribution is 2.26. The SMILES string of the molecule is CC(=O)c1ccc(F)c(-c2ccc(N(C)C)cc2)c1. The van der Waals surface area contributed by atoms with Gasteiger partial charge in [0.1, 0.15) is 5.82 Å². The van der Waals surface area contributed by atoms with Gasteiger partial charge in [-0.25, -0.2) is 4.39 Å². The molecule has 0 atom stereocenters. The molecule has 0 saturated carbocycles. The lowest BCUT2D eigenvalue weighted by molar-refractivity contribution is 0.101. The van der Waals surface area contributed by atoms with E-state index in [9.17, 15) is 9.18 Å². The minimum atomic E-state index is -0.317. The summed E-state index contributed by atoms with van der Waals surface area (Å²) < 4.78 is 13.9. The number of benzene rings is 2. The Morgan fingerprint density at radius 1 is 1.05 bits per heavy atom. The topological polar surface area (TPSA) is 20.3 Å². The number of nitrogens with zero attached hydrogens (tertiary/aromatic N) is 1. The van der Waals surface area contributed by atoms with Gasteiger partial charge in [-0.1, -0.05) is 12.1 Å². The van der Waals surface area contributed by atoms with Crippen molar-refractivity contribution in [3.05, 3.63) is 53.8 Å². The predicted octanol–water partition coefficient (Wildman–Crippen LogP) is 3.76. The zero-order chi connectivity index (χ0) is 14.0. The maximum atomic E-state index is 13.9. The molecule has 0 unspecified atom stereocenters. The second-order valence-corrected chi connectivity index (χ2v) is 4.69. The van der Waals surface area contributed by atoms with Crippen LogP contribution in [0.2, 0.25) is 0 Å². The van der Waals surface area contributed by atoms with Crippen LogP contribution in [0.15, 0.2) is 42.5 Å². The van der Waals surface area contributed by atoms with Crippen LogP contribution in [0, 0.1) is 5.82 Å². The Kier molecular flexibility index (Phi) is 3.65. The van der Waals surface area contributed by atoms with Gasteiger partial charge in [0.2, 0.25) is 0 Å². The smallest absolute Gasteiger partial charge is 0.159 e. The minimum absolute atomic E-state index is 0.0637. The largest absolute Gasteiger partial charge is 0.378 e. The maximum absolute atomic E-state index is 13.9. The van der Waals surface area contributed by atoms with Gasteiger partial charge in [0, 0.05) is 30.9 Å². The molecule has 0 heterocycles. The van der Waals surface area contributed by atoms with Crippen LogP contribution in [0.3, 0.4) is 0 Å². The normalized spacial score (nSPS) is 10.3. The van der Waals surface area contributed by atoms with Gasteiger partial charge in [-0.15, -0.1) is 0 Å². The Labute approximate surface area is 112 Å². The molecule has 2 aromatic carbocycles. The van der Waals surface area contributed by atoms with E-state index in [-0.39, 0.29) is 11.6 Å². The summed E-state index contributed by atoms with van der Waals surface area (Å²) in [5, 5.41) is 0. The molecule has 2 rings (SSSR count). The third-order valence-electron chi connectivity index (χ3n) is 3.07. The second-order valence-electron chi connectivity index (χ2n) is 4.69. The number of Topliss-reactive ketones (excluding diaryl/α,β-unsaturated/α-hetero) is 1. The van der Waals surface area contributed by atoms with Crippen LogP contribution in [0.4, 0.5) is 10.1 Å². The van der Waals surface area contributed by atoms with Crippen molar-refractivity contribution in [3.8, 4) is 11.1 Å². The molecule has 0 bridgehead atoms. The lowest BCUT2D eigenvalue weighted by atomic mass is 10.0. The van der Waals surface area contributed by atoms with E-state index >= 15 is 0 Å². The number of carbonyl (C=O) groups is 1. The fourth-order valence-corrected chi connectivity index (χ4v) is 1.90. The predicted molar refractivity (Wildman–Crippen MR) is 76.2 cm³/mol. The zero-order valence-electron chi connectivity index (χ0n) is 11.3. The van der Waals surface area contributed by atoms with Crippen molar-refractivity contribution >= 4 is 11.5 Å². The Hall–Kier alpha value is -2.16. The van der Waals surface area contributed by atoms with Crippen molar-refractivity contribution in [1.29, 1.82) is 0 Å². The van der Waals surface area contributed by atoms with E-state index in [1.807, 2.05) is 43.3 Å². The molecule has 0 radical (unpaired) electrons. The van der Waals surface area contributed by atoms with E-state index in [1.165, 1.54) is 19.1 Å². The molecule has 3 heteroatoms. The van der Waals surface area contributed by atoms with Crippen LogP contribution >= 0.6 is 0 Å². The van der Waals surface area contributed by atoms with Crippen molar-refractivity contribution < 1.29 is 9.18 Å². The highest BCUT2D eigenvalue weighted by molar-refractivity contribution is 5.95. The Balaban J connectivity index is 2.46. The van der Waals surface area contributed by atoms with Gasteiger partial charge in [-0.2, -0.15) is 0 Å². The van der Waals surface area contributed by atoms with E-state index in [0.29, 0.717) is 11.1 Å². The highest BCUT2D eigenvalue weighted by Gasteiger charge is 2.08. The molecular formula is C16H16FNO. The summed E-state index contributed by atoms with van der Waals surface area (Å²) in [6, 6.07) is 12.0. The Morgan fingerprint density at radius 2 is 1.68 bits per heavy atom. The van der Waals surface area contributed by atoms with Crippen LogP contribution in [0.5, 0.6) is 0 Å². The van der Waals surface area contributed by atoms with Gasteiger partial charge in [-0.05, 0) is 42.8 Å². The second kappa shape index (κ2) is 5.22. The van der Waals surface area contributed by atoms with Gasteiger partial charge < -0.3 is 4.90 Å². The van der Waals surface area contributed by atoms with Crippen LogP contribution in [0.1, 0.15) is 17.3 Å². The summed E-state index contributed by atoms with van der Waals surface area (Å²) in [6.07, 6.45) is 0. The summed E-state index contributed by atoms with van der Waals surface area (Å²) in [4.78, 5) is 13.3. The average molecular weight is 257 g/mol. The first kappa shape index (κ1) is 13.3. The summed E-state index contributed by atoms with van der Waals surface area (Å²) in [7, 11) is 3.90. The average Bonchev–Trinajstić information content (AvgIpc) is 2.39. The molecule has 0 aliphatic rings. The number of hydrogen-bond acceptors (Lipinski definition) is 2. The van der Waals surface area contributed by atoms with Gasteiger partial charge >= 0.3 is 0 Å². The third kappa shape index (κ3) is 2.81. The molecule has 2 aromatic rings. The molecular weight excluding hydrogens is 241 g/mol. The fourth-order valence-electron chi connectivity index (χ4n) is 1.90. The highest BCUT2D eigenvalue weighted by atomic mass is 19.1. The monoisotopic (exact) mass is 257 g/mol. The van der Waals surface area contributed by atoms with Crippen molar-refractivity contribution in [1.82, 2.24) is 0 Å². The van der Waals surface area contributed by atoms with Crippen LogP contribution in [-0.2, 0) is 0 Å². The van der Waals surface area contributed by atoms with Crippen molar-refractivity contribution in [2.45, 2.75) is 6.92 Å². The number of rotatable bonds is 3. The number of anilines is 1. The molecule has 0 saturated heterocycles. The first-order chi connectivity index (χ1) is 8.99. The van der Waals surface area contributed by atoms with E-state index in [0.717, 1.165) is 11.3 Å². The first-order valence-electron chi connectivity index (χ1n) is 6.07. The molecule has 0 aromatic heterocycles. The summed E-state index contributed by atoms with van der Waals surface area (Å²) in [5.74, 6) is -0.381. The molecule has 0 spiro atoms. The first-order valence-corrected chi connectivity index (χ1v) is 6.07. The zero-order valence-corrected chi connectivity index (χ0v) is 11.3. The maximum Gasteiger partial charge on any atom is 0.159 e. The van der Waals surface area contributed by atoms with Gasteiger partial charge in [0.15, 0.2) is 5.78 Å². The van der Waals surface area contributed by atoms with E-state index < -0.39 is 0 Å². The molecule has 0 N–H and O–H groups in total. The molecule has 98 valence electrons. The molecule has 0 amide bonds. The summed E-state index contributed by atoms with van der Waals surface area (Å²) in [5.41, 5.74) is 2.80. The van der Waals surface area contributed by atoms with Gasteiger partial charge in [0.25, 0.3) is 0 Å². The Morgan fingerprint density at radius 3 is 2.21 bits per heavy atom. The fraction of sp³-hybridized carbons (Fsp3) is 0.188. The lowest BCUT2D eigenvalue weighted by Gasteiger charge is -2.13. The summed E-state index contributed by atoms with van der Waals surface area (Å²) >= 11 is 0. The number of ketones is 1. The van der Waals surface area contributed by atoms with Crippen LogP contribution < -0.4 is 4.90 Å². The Bertz CT molecular complexity index is 603. The van der Waals surface area contributed by atoms with Crippen LogP contribution in [-0.4, -0.2) is 19.9 Å². The van der Waals surface area contributed by atoms with E-state index in [1.54, 1.807) is 6.07 Å². The van der Waals surface area contributed by atoms with E-state index in [2.05, 4.69) is 0 Å². The molecule has 19 heavy (non-hydrogen) atoms. The minimum Gasteiger partial charge on any atom is -0.378 e. The number of carbonyl (C=O) groups excluding carboxylic acids is 1. The molecule has 0 aliphatic heterocycles. The molecule has 0 aliphatic carbocycles. The van der Waals surface area contributed by atoms with Crippen molar-refractivity contribution in [2.75, 3.05) is 19.0 Å². The lowest BCUT2D eigenvalue weighted by Crippen LogP contribution is -2.07. The van der Waals surface area contributed by atoms with Crippen molar-refractivity contribution in [3.63, 3.8) is 0 Å². The quantitative estimate of drug-likeness (QED) is 0.780. The van der Waals surface area contributed by atoms with E-state index in [4.69, 9.17) is 0 Å². The molecule has 2 nitrogen and oxygen atoms in total. The van der Waals surface area contributed by atoms with Crippen molar-refractivity contribution in [2.24, 2.45) is 0 Å². The summed E-state index contributed by atoms with van der Waals surface area (Å²) in [6.45, 7) is 1.48. The third-order valence-corrected chi connectivity index (χ3v) is 3.07. The number of halogens is 1. The van der Waals surface area contributed by atoms with Gasteiger partial charge in [-0.3, -0.25) is 4.79 Å².